The van der Waals surface area contributed by atoms with Crippen LogP contribution < -0.4 is 20.1 Å². The number of halogens is 1. The minimum atomic E-state index is -0.420. The zero-order valence-electron chi connectivity index (χ0n) is 15.5. The highest BCUT2D eigenvalue weighted by atomic mass is 19.1. The molecule has 0 unspecified atom stereocenters. The zero-order chi connectivity index (χ0) is 19.9. The third kappa shape index (κ3) is 4.76. The molecule has 0 saturated carbocycles. The van der Waals surface area contributed by atoms with E-state index in [2.05, 4.69) is 15.6 Å². The van der Waals surface area contributed by atoms with Gasteiger partial charge in [-0.15, -0.1) is 0 Å². The summed E-state index contributed by atoms with van der Waals surface area (Å²) in [6.07, 6.45) is 1.54. The monoisotopic (exact) mass is 381 g/mol. The Bertz CT molecular complexity index is 979. The topological polar surface area (TPSA) is 72.5 Å². The van der Waals surface area contributed by atoms with Gasteiger partial charge < -0.3 is 20.1 Å². The molecule has 2 aromatic carbocycles. The largest absolute Gasteiger partial charge is 0.493 e. The summed E-state index contributed by atoms with van der Waals surface area (Å²) in [5.41, 5.74) is 2.31. The van der Waals surface area contributed by atoms with Crippen LogP contribution >= 0.6 is 0 Å². The van der Waals surface area contributed by atoms with Crippen LogP contribution in [0.25, 0.3) is 0 Å². The van der Waals surface area contributed by atoms with Crippen molar-refractivity contribution >= 4 is 17.3 Å². The highest BCUT2D eigenvalue weighted by molar-refractivity contribution is 6.03. The molecule has 0 saturated heterocycles. The van der Waals surface area contributed by atoms with Gasteiger partial charge in [0.1, 0.15) is 11.5 Å². The van der Waals surface area contributed by atoms with Crippen LogP contribution in [0.15, 0.2) is 60.8 Å². The molecule has 1 heterocycles. The standard InChI is InChI=1S/C21H20FN3O3/c1-27-19-7-6-14(10-20(19)28-2)13-24-16-8-9-23-18(12-16)21(26)25-17-5-3-4-15(22)11-17/h3-12H,13H2,1-2H3,(H,23,24)(H,25,26). The van der Waals surface area contributed by atoms with Gasteiger partial charge in [0.25, 0.3) is 5.91 Å². The van der Waals surface area contributed by atoms with Gasteiger partial charge in [0.05, 0.1) is 14.2 Å². The number of amides is 1. The second-order valence-corrected chi connectivity index (χ2v) is 5.94. The molecular formula is C21H20FN3O3. The normalized spacial score (nSPS) is 10.2. The number of anilines is 2. The van der Waals surface area contributed by atoms with E-state index >= 15 is 0 Å². The average Bonchev–Trinajstić information content (AvgIpc) is 2.72. The lowest BCUT2D eigenvalue weighted by Crippen LogP contribution is -2.14. The third-order valence-corrected chi connectivity index (χ3v) is 4.02. The van der Waals surface area contributed by atoms with Crippen molar-refractivity contribution in [2.24, 2.45) is 0 Å². The number of aromatic nitrogens is 1. The Labute approximate surface area is 162 Å². The van der Waals surface area contributed by atoms with E-state index < -0.39 is 11.7 Å². The predicted molar refractivity (Wildman–Crippen MR) is 105 cm³/mol. The molecule has 1 aromatic heterocycles. The molecular weight excluding hydrogens is 361 g/mol. The molecule has 28 heavy (non-hydrogen) atoms. The first-order chi connectivity index (χ1) is 13.6. The third-order valence-electron chi connectivity index (χ3n) is 4.02. The summed E-state index contributed by atoms with van der Waals surface area (Å²) in [4.78, 5) is 16.4. The first kappa shape index (κ1) is 19.2. The molecule has 7 heteroatoms. The first-order valence-corrected chi connectivity index (χ1v) is 8.57. The minimum Gasteiger partial charge on any atom is -0.493 e. The van der Waals surface area contributed by atoms with Crippen molar-refractivity contribution in [3.63, 3.8) is 0 Å². The molecule has 2 N–H and O–H groups in total. The molecule has 0 aliphatic heterocycles. The van der Waals surface area contributed by atoms with Gasteiger partial charge in [-0.05, 0) is 48.0 Å². The van der Waals surface area contributed by atoms with E-state index in [0.717, 1.165) is 11.3 Å². The molecule has 144 valence electrons. The number of benzene rings is 2. The van der Waals surface area contributed by atoms with E-state index in [0.29, 0.717) is 23.7 Å². The number of ether oxygens (including phenoxy) is 2. The van der Waals surface area contributed by atoms with Gasteiger partial charge in [-0.25, -0.2) is 4.39 Å². The van der Waals surface area contributed by atoms with E-state index in [-0.39, 0.29) is 5.69 Å². The predicted octanol–water partition coefficient (Wildman–Crippen LogP) is 4.10. The number of pyridine rings is 1. The van der Waals surface area contributed by atoms with Gasteiger partial charge >= 0.3 is 0 Å². The average molecular weight is 381 g/mol. The van der Waals surface area contributed by atoms with Crippen LogP contribution in [0.1, 0.15) is 16.1 Å². The zero-order valence-corrected chi connectivity index (χ0v) is 15.5. The molecule has 3 rings (SSSR count). The summed E-state index contributed by atoms with van der Waals surface area (Å²) >= 11 is 0. The SMILES string of the molecule is COc1ccc(CNc2ccnc(C(=O)Nc3cccc(F)c3)c2)cc1OC. The molecule has 0 fully saturated rings. The number of carbonyl (C=O) groups excluding carboxylic acids is 1. The fraction of sp³-hybridized carbons (Fsp3) is 0.143. The summed E-state index contributed by atoms with van der Waals surface area (Å²) < 4.78 is 23.8. The van der Waals surface area contributed by atoms with E-state index in [4.69, 9.17) is 9.47 Å². The molecule has 0 aliphatic carbocycles. The molecule has 0 radical (unpaired) electrons. The number of carbonyl (C=O) groups is 1. The van der Waals surface area contributed by atoms with Crippen LogP contribution in [0.4, 0.5) is 15.8 Å². The Morgan fingerprint density at radius 2 is 1.82 bits per heavy atom. The molecule has 3 aromatic rings. The number of nitrogens with zero attached hydrogens (tertiary/aromatic N) is 1. The fourth-order valence-corrected chi connectivity index (χ4v) is 2.62. The van der Waals surface area contributed by atoms with Crippen molar-refractivity contribution in [2.75, 3.05) is 24.9 Å². The van der Waals surface area contributed by atoms with E-state index in [1.807, 2.05) is 18.2 Å². The lowest BCUT2D eigenvalue weighted by molar-refractivity contribution is 0.102. The smallest absolute Gasteiger partial charge is 0.274 e. The first-order valence-electron chi connectivity index (χ1n) is 8.57. The van der Waals surface area contributed by atoms with Crippen molar-refractivity contribution in [1.29, 1.82) is 0 Å². The summed E-state index contributed by atoms with van der Waals surface area (Å²) in [5, 5.41) is 5.87. The lowest BCUT2D eigenvalue weighted by Gasteiger charge is -2.11. The van der Waals surface area contributed by atoms with Crippen LogP contribution in [0.5, 0.6) is 11.5 Å². The van der Waals surface area contributed by atoms with Crippen molar-refractivity contribution in [2.45, 2.75) is 6.54 Å². The van der Waals surface area contributed by atoms with Crippen LogP contribution in [0.3, 0.4) is 0 Å². The van der Waals surface area contributed by atoms with Crippen LogP contribution in [0, 0.1) is 5.82 Å². The van der Waals surface area contributed by atoms with Gasteiger partial charge in [-0.3, -0.25) is 9.78 Å². The van der Waals surface area contributed by atoms with Crippen molar-refractivity contribution in [3.05, 3.63) is 77.9 Å². The summed E-state index contributed by atoms with van der Waals surface area (Å²) in [7, 11) is 3.17. The minimum absolute atomic E-state index is 0.224. The van der Waals surface area contributed by atoms with Crippen molar-refractivity contribution in [1.82, 2.24) is 4.98 Å². The van der Waals surface area contributed by atoms with Gasteiger partial charge in [0.15, 0.2) is 11.5 Å². The maximum atomic E-state index is 13.3. The van der Waals surface area contributed by atoms with E-state index in [1.54, 1.807) is 32.4 Å². The maximum absolute atomic E-state index is 13.3. The number of nitrogens with one attached hydrogen (secondary N) is 2. The van der Waals surface area contributed by atoms with Gasteiger partial charge in [0, 0.05) is 24.1 Å². The molecule has 0 bridgehead atoms. The van der Waals surface area contributed by atoms with Crippen molar-refractivity contribution in [3.8, 4) is 11.5 Å². The number of hydrogen-bond donors (Lipinski definition) is 2. The van der Waals surface area contributed by atoms with Gasteiger partial charge in [-0.2, -0.15) is 0 Å². The molecule has 0 atom stereocenters. The Morgan fingerprint density at radius 1 is 1.00 bits per heavy atom. The highest BCUT2D eigenvalue weighted by Crippen LogP contribution is 2.27. The van der Waals surface area contributed by atoms with E-state index in [9.17, 15) is 9.18 Å². The quantitative estimate of drug-likeness (QED) is 0.645. The lowest BCUT2D eigenvalue weighted by atomic mass is 10.2. The summed E-state index contributed by atoms with van der Waals surface area (Å²) in [6, 6.07) is 14.7. The maximum Gasteiger partial charge on any atom is 0.274 e. The Balaban J connectivity index is 1.67. The number of methoxy groups -OCH3 is 2. The summed E-state index contributed by atoms with van der Waals surface area (Å²) in [6.45, 7) is 0.523. The van der Waals surface area contributed by atoms with Crippen LogP contribution in [0.2, 0.25) is 0 Å². The second-order valence-electron chi connectivity index (χ2n) is 5.94. The Kier molecular flexibility index (Phi) is 6.06. The van der Waals surface area contributed by atoms with Gasteiger partial charge in [-0.1, -0.05) is 12.1 Å². The summed E-state index contributed by atoms with van der Waals surface area (Å²) in [5.74, 6) is 0.467. The molecule has 0 spiro atoms. The molecule has 1 amide bonds. The Hall–Kier alpha value is -3.61. The molecule has 6 nitrogen and oxygen atoms in total. The van der Waals surface area contributed by atoms with Crippen LogP contribution in [-0.2, 0) is 6.54 Å². The fourth-order valence-electron chi connectivity index (χ4n) is 2.62. The van der Waals surface area contributed by atoms with Crippen LogP contribution in [-0.4, -0.2) is 25.1 Å². The van der Waals surface area contributed by atoms with E-state index in [1.165, 1.54) is 24.4 Å². The van der Waals surface area contributed by atoms with Gasteiger partial charge in [0.2, 0.25) is 0 Å². The highest BCUT2D eigenvalue weighted by Gasteiger charge is 2.10. The number of rotatable bonds is 7. The molecule has 0 aliphatic rings. The Morgan fingerprint density at radius 3 is 2.57 bits per heavy atom. The number of hydrogen-bond acceptors (Lipinski definition) is 5. The van der Waals surface area contributed by atoms with Crippen molar-refractivity contribution < 1.29 is 18.7 Å². The second kappa shape index (κ2) is 8.85.